The number of esters is 1. The predicted octanol–water partition coefficient (Wildman–Crippen LogP) is 2.91. The molecule has 3 heterocycles. The Kier molecular flexibility index (Phi) is 7.19. The smallest absolute Gasteiger partial charge is 0.312 e. The van der Waals surface area contributed by atoms with Gasteiger partial charge < -0.3 is 24.8 Å². The summed E-state index contributed by atoms with van der Waals surface area (Å²) in [4.78, 5) is 42.9. The Morgan fingerprint density at radius 2 is 1.86 bits per heavy atom. The Bertz CT molecular complexity index is 864. The summed E-state index contributed by atoms with van der Waals surface area (Å²) in [6, 6.07) is -1.51. The van der Waals surface area contributed by atoms with Crippen molar-refractivity contribution in [3.8, 4) is 0 Å². The number of nitrogens with one attached hydrogen (secondary N) is 1. The number of fused-ring (bicyclic) bond motifs is 1. The number of likely N-dealkylation sites (tertiary alicyclic amines) is 1. The largest absolute Gasteiger partial charge is 0.466 e. The van der Waals surface area contributed by atoms with Crippen LogP contribution in [0.2, 0.25) is 0 Å². The molecule has 200 valence electrons. The van der Waals surface area contributed by atoms with Crippen molar-refractivity contribution in [2.75, 3.05) is 13.2 Å². The lowest BCUT2D eigenvalue weighted by atomic mass is 9.62. The molecule has 0 aromatic carbocycles. The van der Waals surface area contributed by atoms with Gasteiger partial charge in [-0.25, -0.2) is 0 Å². The normalized spacial score (nSPS) is 35.4. The first-order valence-electron chi connectivity index (χ1n) is 13.1. The van der Waals surface area contributed by atoms with Gasteiger partial charge in [-0.1, -0.05) is 41.5 Å². The van der Waals surface area contributed by atoms with Crippen molar-refractivity contribution in [2.24, 2.45) is 29.1 Å². The summed E-state index contributed by atoms with van der Waals surface area (Å²) in [7, 11) is 0. The fourth-order valence-corrected chi connectivity index (χ4v) is 7.32. The third-order valence-electron chi connectivity index (χ3n) is 8.29. The molecule has 0 radical (unpaired) electrons. The van der Waals surface area contributed by atoms with E-state index in [9.17, 15) is 19.5 Å². The zero-order chi connectivity index (χ0) is 26.7. The van der Waals surface area contributed by atoms with Crippen molar-refractivity contribution in [1.29, 1.82) is 0 Å². The number of nitrogens with zero attached hydrogens (tertiary/aromatic N) is 1. The maximum absolute atomic E-state index is 14.1. The molecule has 8 heteroatoms. The molecule has 1 spiro atoms. The average molecular weight is 495 g/mol. The van der Waals surface area contributed by atoms with Gasteiger partial charge in [-0.2, -0.15) is 0 Å². The van der Waals surface area contributed by atoms with Crippen LogP contribution in [0.15, 0.2) is 0 Å². The van der Waals surface area contributed by atoms with Crippen LogP contribution in [0.1, 0.15) is 82.1 Å². The van der Waals surface area contributed by atoms with Gasteiger partial charge in [0.15, 0.2) is 0 Å². The molecule has 0 aromatic rings. The fourth-order valence-electron chi connectivity index (χ4n) is 7.32. The molecule has 3 aliphatic rings. The summed E-state index contributed by atoms with van der Waals surface area (Å²) in [5.41, 5.74) is -2.59. The predicted molar refractivity (Wildman–Crippen MR) is 132 cm³/mol. The highest BCUT2D eigenvalue weighted by Gasteiger charge is 2.80. The molecule has 3 saturated heterocycles. The minimum absolute atomic E-state index is 0.0202. The molecule has 0 aliphatic carbocycles. The van der Waals surface area contributed by atoms with Crippen molar-refractivity contribution < 1.29 is 29.0 Å². The van der Waals surface area contributed by atoms with E-state index in [-0.39, 0.29) is 42.3 Å². The molecule has 0 saturated carbocycles. The van der Waals surface area contributed by atoms with E-state index in [0.717, 1.165) is 6.42 Å². The number of rotatable bonds is 8. The summed E-state index contributed by atoms with van der Waals surface area (Å²) >= 11 is 0. The van der Waals surface area contributed by atoms with Gasteiger partial charge in [0, 0.05) is 5.54 Å². The molecule has 3 aliphatic heterocycles. The van der Waals surface area contributed by atoms with Gasteiger partial charge >= 0.3 is 5.97 Å². The van der Waals surface area contributed by atoms with E-state index >= 15 is 0 Å². The molecule has 2 amide bonds. The second kappa shape index (κ2) is 9.02. The molecular weight excluding hydrogens is 448 g/mol. The SMILES string of the molecule is CCOC(=O)[C@@H]1[C@H]2C(=O)N([C@@H](CO)C(C)C)C(C(=O)NC(C)(C)CC(C)(C)C)C23CC(C)[C@@]1(C)O3. The Morgan fingerprint density at radius 1 is 1.26 bits per heavy atom. The number of aliphatic hydroxyl groups is 1. The van der Waals surface area contributed by atoms with E-state index in [1.165, 1.54) is 4.90 Å². The maximum atomic E-state index is 14.1. The summed E-state index contributed by atoms with van der Waals surface area (Å²) < 4.78 is 12.1. The van der Waals surface area contributed by atoms with Gasteiger partial charge in [0.05, 0.1) is 30.8 Å². The van der Waals surface area contributed by atoms with Crippen LogP contribution in [0, 0.1) is 29.1 Å². The van der Waals surface area contributed by atoms with E-state index < -0.39 is 46.6 Å². The first kappa shape index (κ1) is 27.9. The zero-order valence-electron chi connectivity index (χ0n) is 23.2. The first-order valence-corrected chi connectivity index (χ1v) is 13.1. The standard InChI is InChI=1S/C27H46N2O6/c1-11-34-23(33)19-18-22(32)29(17(13-30)15(2)3)20(27(18)12-16(4)26(19,10)35-27)21(31)28-25(8,9)14-24(5,6)7/h15-20,30H,11-14H2,1-10H3,(H,28,31)/t16?,17-,18-,19-,20?,26+,27?/m0/s1. The molecule has 8 nitrogen and oxygen atoms in total. The van der Waals surface area contributed by atoms with Gasteiger partial charge in [-0.15, -0.1) is 0 Å². The molecule has 35 heavy (non-hydrogen) atoms. The topological polar surface area (TPSA) is 105 Å². The van der Waals surface area contributed by atoms with Crippen molar-refractivity contribution in [2.45, 2.75) is 111 Å². The van der Waals surface area contributed by atoms with Crippen LogP contribution >= 0.6 is 0 Å². The van der Waals surface area contributed by atoms with E-state index in [4.69, 9.17) is 9.47 Å². The van der Waals surface area contributed by atoms with Gasteiger partial charge in [-0.05, 0) is 57.8 Å². The maximum Gasteiger partial charge on any atom is 0.312 e. The van der Waals surface area contributed by atoms with Crippen molar-refractivity contribution in [1.82, 2.24) is 10.2 Å². The Hall–Kier alpha value is -1.67. The number of hydrogen-bond acceptors (Lipinski definition) is 6. The van der Waals surface area contributed by atoms with Gasteiger partial charge in [0.1, 0.15) is 17.6 Å². The van der Waals surface area contributed by atoms with Gasteiger partial charge in [-0.3, -0.25) is 14.4 Å². The molecule has 7 atom stereocenters. The number of aliphatic hydroxyl groups excluding tert-OH is 1. The van der Waals surface area contributed by atoms with Crippen LogP contribution in [-0.2, 0) is 23.9 Å². The first-order chi connectivity index (χ1) is 16.0. The van der Waals surface area contributed by atoms with Crippen LogP contribution in [0.4, 0.5) is 0 Å². The van der Waals surface area contributed by atoms with Crippen LogP contribution in [0.5, 0.6) is 0 Å². The van der Waals surface area contributed by atoms with E-state index in [1.807, 2.05) is 41.5 Å². The third-order valence-corrected chi connectivity index (χ3v) is 8.29. The fraction of sp³-hybridized carbons (Fsp3) is 0.889. The molecule has 2 bridgehead atoms. The summed E-state index contributed by atoms with van der Waals surface area (Å²) in [5.74, 6) is -2.82. The number of ether oxygens (including phenoxy) is 2. The molecule has 3 fully saturated rings. The number of amides is 2. The highest BCUT2D eigenvalue weighted by atomic mass is 16.6. The van der Waals surface area contributed by atoms with E-state index in [2.05, 4.69) is 26.1 Å². The lowest BCUT2D eigenvalue weighted by Crippen LogP contribution is -2.62. The Morgan fingerprint density at radius 3 is 2.34 bits per heavy atom. The van der Waals surface area contributed by atoms with E-state index in [1.54, 1.807) is 6.92 Å². The zero-order valence-corrected chi connectivity index (χ0v) is 23.2. The van der Waals surface area contributed by atoms with Crippen molar-refractivity contribution in [3.05, 3.63) is 0 Å². The summed E-state index contributed by atoms with van der Waals surface area (Å²) in [6.45, 7) is 19.7. The number of carbonyl (C=O) groups excluding carboxylic acids is 3. The van der Waals surface area contributed by atoms with Crippen LogP contribution in [0.25, 0.3) is 0 Å². The molecular formula is C27H46N2O6. The van der Waals surface area contributed by atoms with Gasteiger partial charge in [0.2, 0.25) is 11.8 Å². The van der Waals surface area contributed by atoms with E-state index in [0.29, 0.717) is 6.42 Å². The van der Waals surface area contributed by atoms with Crippen LogP contribution < -0.4 is 5.32 Å². The number of hydrogen-bond donors (Lipinski definition) is 2. The van der Waals surface area contributed by atoms with Crippen molar-refractivity contribution >= 4 is 17.8 Å². The van der Waals surface area contributed by atoms with Crippen molar-refractivity contribution in [3.63, 3.8) is 0 Å². The minimum Gasteiger partial charge on any atom is -0.466 e. The van der Waals surface area contributed by atoms with Crippen LogP contribution in [0.3, 0.4) is 0 Å². The molecule has 3 unspecified atom stereocenters. The second-order valence-corrected chi connectivity index (χ2v) is 13.3. The quantitative estimate of drug-likeness (QED) is 0.503. The Labute approximate surface area is 210 Å². The molecule has 0 aromatic heterocycles. The molecule has 3 rings (SSSR count). The summed E-state index contributed by atoms with van der Waals surface area (Å²) in [6.07, 6.45) is 1.22. The highest BCUT2D eigenvalue weighted by molar-refractivity contribution is 5.99. The highest BCUT2D eigenvalue weighted by Crippen LogP contribution is 2.65. The monoisotopic (exact) mass is 494 g/mol. The average Bonchev–Trinajstić information content (AvgIpc) is 3.17. The summed E-state index contributed by atoms with van der Waals surface area (Å²) in [5, 5.41) is 13.5. The minimum atomic E-state index is -1.15. The lowest BCUT2D eigenvalue weighted by molar-refractivity contribution is -0.162. The third kappa shape index (κ3) is 4.50. The lowest BCUT2D eigenvalue weighted by Gasteiger charge is -2.41. The number of carbonyl (C=O) groups is 3. The Balaban J connectivity index is 2.12. The van der Waals surface area contributed by atoms with Crippen LogP contribution in [-0.4, -0.2) is 69.8 Å². The van der Waals surface area contributed by atoms with Gasteiger partial charge in [0.25, 0.3) is 0 Å². The molecule has 2 N–H and O–H groups in total. The second-order valence-electron chi connectivity index (χ2n) is 13.3.